The van der Waals surface area contributed by atoms with E-state index in [1.165, 1.54) is 4.90 Å². The van der Waals surface area contributed by atoms with Crippen LogP contribution in [0.25, 0.3) is 0 Å². The fourth-order valence-corrected chi connectivity index (χ4v) is 2.86. The minimum atomic E-state index is -4.78. The van der Waals surface area contributed by atoms with E-state index >= 15 is 0 Å². The van der Waals surface area contributed by atoms with Gasteiger partial charge in [0.25, 0.3) is 11.6 Å². The smallest absolute Gasteiger partial charge is 0.417 e. The van der Waals surface area contributed by atoms with Crippen LogP contribution in [-0.4, -0.2) is 50.8 Å². The molecule has 0 saturated carbocycles. The first-order chi connectivity index (χ1) is 11.4. The summed E-state index contributed by atoms with van der Waals surface area (Å²) in [6.45, 7) is 0.594. The summed E-state index contributed by atoms with van der Waals surface area (Å²) in [4.78, 5) is 23.7. The van der Waals surface area contributed by atoms with Crippen molar-refractivity contribution in [1.82, 2.24) is 4.90 Å². The van der Waals surface area contributed by atoms with E-state index < -0.39 is 34.3 Å². The predicted octanol–water partition coefficient (Wildman–Crippen LogP) is 2.47. The average molecular weight is 362 g/mol. The number of carbonyl (C=O) groups excluding carboxylic acids is 1. The highest BCUT2D eigenvalue weighted by Crippen LogP contribution is 2.40. The van der Waals surface area contributed by atoms with Crippen molar-refractivity contribution in [3.63, 3.8) is 0 Å². The van der Waals surface area contributed by atoms with Gasteiger partial charge in [-0.1, -0.05) is 0 Å². The summed E-state index contributed by atoms with van der Waals surface area (Å²) >= 11 is 0. The molecule has 0 radical (unpaired) electrons. The number of phenolic OH excluding ortho intramolecular Hbond substituents is 1. The normalized spacial score (nSPS) is 18.7. The van der Waals surface area contributed by atoms with E-state index in [-0.39, 0.29) is 37.2 Å². The molecule has 1 amide bonds. The van der Waals surface area contributed by atoms with Crippen LogP contribution in [0.1, 0.15) is 30.1 Å². The van der Waals surface area contributed by atoms with Gasteiger partial charge in [0.15, 0.2) is 5.60 Å². The number of halogens is 3. The maximum Gasteiger partial charge on any atom is 0.417 e. The van der Waals surface area contributed by atoms with Gasteiger partial charge in [-0.05, 0) is 31.7 Å². The van der Waals surface area contributed by atoms with Gasteiger partial charge in [-0.3, -0.25) is 14.9 Å². The number of aliphatic hydroxyl groups is 1. The zero-order valence-corrected chi connectivity index (χ0v) is 13.3. The maximum absolute atomic E-state index is 12.9. The molecule has 1 heterocycles. The lowest BCUT2D eigenvalue weighted by molar-refractivity contribution is -0.384. The Morgan fingerprint density at radius 1 is 1.32 bits per heavy atom. The van der Waals surface area contributed by atoms with Crippen LogP contribution in [-0.2, 0) is 0 Å². The Labute approximate surface area is 140 Å². The van der Waals surface area contributed by atoms with Crippen molar-refractivity contribution in [2.75, 3.05) is 13.1 Å². The number of hydrogen-bond donors (Lipinski definition) is 2. The number of likely N-dealkylation sites (tertiary alicyclic amines) is 1. The number of non-ortho nitro benzene ring substituents is 1. The van der Waals surface area contributed by atoms with Crippen LogP contribution >= 0.6 is 0 Å². The Morgan fingerprint density at radius 2 is 1.88 bits per heavy atom. The van der Waals surface area contributed by atoms with Gasteiger partial charge in [-0.15, -0.1) is 0 Å². The largest absolute Gasteiger partial charge is 0.507 e. The molecule has 138 valence electrons. The molecule has 1 aromatic rings. The molecule has 0 spiro atoms. The highest BCUT2D eigenvalue weighted by atomic mass is 19.4. The number of carbonyl (C=O) groups is 1. The molecule has 0 bridgehead atoms. The summed E-state index contributed by atoms with van der Waals surface area (Å²) in [5.41, 5.74) is -3.51. The Hall–Kier alpha value is -2.36. The van der Waals surface area contributed by atoms with Crippen LogP contribution in [0.4, 0.5) is 18.9 Å². The lowest BCUT2D eigenvalue weighted by Gasteiger charge is -2.40. The fraction of sp³-hybridized carbons (Fsp3) is 0.533. The molecule has 2 N–H and O–H groups in total. The van der Waals surface area contributed by atoms with E-state index in [1.54, 1.807) is 0 Å². The first kappa shape index (κ1) is 19.0. The van der Waals surface area contributed by atoms with Crippen molar-refractivity contribution in [2.45, 2.75) is 31.5 Å². The molecule has 1 unspecified atom stereocenters. The van der Waals surface area contributed by atoms with E-state index in [4.69, 9.17) is 0 Å². The summed E-state index contributed by atoms with van der Waals surface area (Å²) in [6.07, 6.45) is -4.93. The Balaban J connectivity index is 2.12. The van der Waals surface area contributed by atoms with E-state index in [9.17, 15) is 38.3 Å². The third-order valence-corrected chi connectivity index (χ3v) is 4.57. The molecule has 1 aliphatic heterocycles. The van der Waals surface area contributed by atoms with Gasteiger partial charge in [0, 0.05) is 25.2 Å². The number of amides is 1. The number of aromatic hydroxyl groups is 1. The minimum Gasteiger partial charge on any atom is -0.507 e. The van der Waals surface area contributed by atoms with Gasteiger partial charge in [0.2, 0.25) is 0 Å². The molecule has 10 heteroatoms. The summed E-state index contributed by atoms with van der Waals surface area (Å²) in [5, 5.41) is 30.2. The average Bonchev–Trinajstić information content (AvgIpc) is 2.53. The van der Waals surface area contributed by atoms with Crippen LogP contribution in [0.15, 0.2) is 18.2 Å². The van der Waals surface area contributed by atoms with Gasteiger partial charge in [-0.25, -0.2) is 0 Å². The van der Waals surface area contributed by atoms with E-state index in [0.29, 0.717) is 6.92 Å². The van der Waals surface area contributed by atoms with E-state index in [2.05, 4.69) is 0 Å². The number of nitro groups is 1. The second-order valence-corrected chi connectivity index (χ2v) is 6.17. The van der Waals surface area contributed by atoms with Crippen molar-refractivity contribution >= 4 is 11.6 Å². The molecule has 1 saturated heterocycles. The van der Waals surface area contributed by atoms with Crippen LogP contribution in [0, 0.1) is 16.0 Å². The Morgan fingerprint density at radius 3 is 2.36 bits per heavy atom. The molecule has 0 aliphatic carbocycles. The molecule has 1 atom stereocenters. The molecule has 1 aromatic carbocycles. The molecular formula is C15H17F3N2O5. The summed E-state index contributed by atoms with van der Waals surface area (Å²) in [6, 6.07) is 2.99. The first-order valence-electron chi connectivity index (χ1n) is 7.51. The summed E-state index contributed by atoms with van der Waals surface area (Å²) in [7, 11) is 0. The molecule has 1 aliphatic rings. The Bertz CT molecular complexity index is 682. The SMILES string of the molecule is CC(O)(C1CCN(C(=O)c2cc([N+](=O)[O-])ccc2O)CC1)C(F)(F)F. The molecule has 7 nitrogen and oxygen atoms in total. The van der Waals surface area contributed by atoms with Gasteiger partial charge in [-0.2, -0.15) is 13.2 Å². The number of benzene rings is 1. The van der Waals surface area contributed by atoms with Crippen LogP contribution in [0.3, 0.4) is 0 Å². The van der Waals surface area contributed by atoms with Crippen molar-refractivity contribution in [3.05, 3.63) is 33.9 Å². The van der Waals surface area contributed by atoms with Gasteiger partial charge >= 0.3 is 6.18 Å². The topological polar surface area (TPSA) is 104 Å². The van der Waals surface area contributed by atoms with E-state index in [1.807, 2.05) is 0 Å². The summed E-state index contributed by atoms with van der Waals surface area (Å²) in [5.74, 6) is -2.21. The number of phenols is 1. The molecular weight excluding hydrogens is 345 g/mol. The molecule has 2 rings (SSSR count). The predicted molar refractivity (Wildman–Crippen MR) is 80.1 cm³/mol. The standard InChI is InChI=1S/C15H17F3N2O5/c1-14(23,15(16,17)18)9-4-6-19(7-5-9)13(22)11-8-10(20(24)25)2-3-12(11)21/h2-3,8-9,21,23H,4-7H2,1H3. The van der Waals surface area contributed by atoms with Crippen LogP contribution in [0.5, 0.6) is 5.75 Å². The van der Waals surface area contributed by atoms with Crippen LogP contribution in [0.2, 0.25) is 0 Å². The van der Waals surface area contributed by atoms with Gasteiger partial charge < -0.3 is 15.1 Å². The third-order valence-electron chi connectivity index (χ3n) is 4.57. The first-order valence-corrected chi connectivity index (χ1v) is 7.51. The quantitative estimate of drug-likeness (QED) is 0.635. The van der Waals surface area contributed by atoms with Crippen molar-refractivity contribution in [3.8, 4) is 5.75 Å². The summed E-state index contributed by atoms with van der Waals surface area (Å²) < 4.78 is 38.7. The Kier molecular flexibility index (Phi) is 4.94. The van der Waals surface area contributed by atoms with Crippen molar-refractivity contribution < 1.29 is 33.1 Å². The molecule has 25 heavy (non-hydrogen) atoms. The zero-order chi connectivity index (χ0) is 19.0. The second kappa shape index (κ2) is 6.51. The lowest BCUT2D eigenvalue weighted by Crippen LogP contribution is -2.53. The number of rotatable bonds is 3. The number of nitro benzene ring substituents is 1. The third kappa shape index (κ3) is 3.68. The van der Waals surface area contributed by atoms with Gasteiger partial charge in [0.05, 0.1) is 10.5 Å². The zero-order valence-electron chi connectivity index (χ0n) is 13.3. The van der Waals surface area contributed by atoms with Crippen molar-refractivity contribution in [1.29, 1.82) is 0 Å². The second-order valence-electron chi connectivity index (χ2n) is 6.17. The minimum absolute atomic E-state index is 0.0577. The molecule has 0 aromatic heterocycles. The fourth-order valence-electron chi connectivity index (χ4n) is 2.86. The maximum atomic E-state index is 12.9. The number of hydrogen-bond acceptors (Lipinski definition) is 5. The van der Waals surface area contributed by atoms with Crippen molar-refractivity contribution in [2.24, 2.45) is 5.92 Å². The highest BCUT2D eigenvalue weighted by molar-refractivity contribution is 5.97. The van der Waals surface area contributed by atoms with Crippen LogP contribution < -0.4 is 0 Å². The highest BCUT2D eigenvalue weighted by Gasteiger charge is 2.55. The molecule has 1 fully saturated rings. The number of nitrogens with zero attached hydrogens (tertiary/aromatic N) is 2. The number of piperidine rings is 1. The monoisotopic (exact) mass is 362 g/mol. The van der Waals surface area contributed by atoms with Gasteiger partial charge in [0.1, 0.15) is 5.75 Å². The number of alkyl halides is 3. The van der Waals surface area contributed by atoms with E-state index in [0.717, 1.165) is 18.2 Å². The lowest BCUT2D eigenvalue weighted by atomic mass is 9.81.